The van der Waals surface area contributed by atoms with E-state index in [1.807, 2.05) is 0 Å². The minimum atomic E-state index is -1.64. The monoisotopic (exact) mass is 362 g/mol. The molecule has 0 radical (unpaired) electrons. The van der Waals surface area contributed by atoms with E-state index < -0.39 is 17.7 Å². The first-order valence-corrected chi connectivity index (χ1v) is 9.78. The molecule has 0 spiro atoms. The molecule has 142 valence electrons. The quantitative estimate of drug-likeness (QED) is 0.767. The van der Waals surface area contributed by atoms with Crippen LogP contribution in [0.15, 0.2) is 11.6 Å². The first-order valence-electron chi connectivity index (χ1n) is 9.78. The molecule has 0 unspecified atom stereocenters. The Morgan fingerprint density at radius 2 is 1.92 bits per heavy atom. The number of aliphatic hydroxyl groups excluding tert-OH is 1. The minimum absolute atomic E-state index is 0.0468. The van der Waals surface area contributed by atoms with E-state index in [0.717, 1.165) is 6.42 Å². The molecule has 0 amide bonds. The maximum atomic E-state index is 16.6. The van der Waals surface area contributed by atoms with Crippen molar-refractivity contribution in [2.75, 3.05) is 6.61 Å². The first-order chi connectivity index (χ1) is 12.2. The SMILES string of the molecule is C[C@]12CC[C@@]3(F)[C@@H](CCC4=CC(=O)CC(=O)[C@@]43C)[C@@H]1CC[C@@H]2C(=O)CO. The number of rotatable bonds is 2. The Hall–Kier alpha value is -1.36. The Labute approximate surface area is 153 Å². The summed E-state index contributed by atoms with van der Waals surface area (Å²) in [6, 6.07) is 0. The fraction of sp³-hybridized carbons (Fsp3) is 0.762. The predicted molar refractivity (Wildman–Crippen MR) is 93.0 cm³/mol. The van der Waals surface area contributed by atoms with Crippen molar-refractivity contribution in [3.8, 4) is 0 Å². The average Bonchev–Trinajstić information content (AvgIpc) is 2.94. The fourth-order valence-corrected chi connectivity index (χ4v) is 6.97. The van der Waals surface area contributed by atoms with E-state index in [0.29, 0.717) is 31.3 Å². The first kappa shape index (κ1) is 18.0. The van der Waals surface area contributed by atoms with Gasteiger partial charge in [-0.25, -0.2) is 4.39 Å². The van der Waals surface area contributed by atoms with Crippen LogP contribution in [0.4, 0.5) is 4.39 Å². The molecule has 26 heavy (non-hydrogen) atoms. The number of fused-ring (bicyclic) bond motifs is 5. The molecule has 0 bridgehead atoms. The maximum Gasteiger partial charge on any atom is 0.163 e. The van der Waals surface area contributed by atoms with Crippen LogP contribution in [0, 0.1) is 28.6 Å². The van der Waals surface area contributed by atoms with Crippen molar-refractivity contribution >= 4 is 17.3 Å². The number of halogens is 1. The lowest BCUT2D eigenvalue weighted by atomic mass is 9.45. The zero-order valence-electron chi connectivity index (χ0n) is 15.5. The number of alkyl halides is 1. The highest BCUT2D eigenvalue weighted by Crippen LogP contribution is 2.68. The van der Waals surface area contributed by atoms with Crippen LogP contribution in [-0.2, 0) is 14.4 Å². The van der Waals surface area contributed by atoms with Crippen molar-refractivity contribution in [1.82, 2.24) is 0 Å². The molecule has 4 aliphatic carbocycles. The lowest BCUT2D eigenvalue weighted by Crippen LogP contribution is -2.63. The van der Waals surface area contributed by atoms with E-state index in [1.165, 1.54) is 6.08 Å². The number of hydrogen-bond acceptors (Lipinski definition) is 4. The molecule has 5 heteroatoms. The number of carbonyl (C=O) groups is 3. The highest BCUT2D eigenvalue weighted by Gasteiger charge is 2.69. The lowest BCUT2D eigenvalue weighted by Gasteiger charge is -2.60. The molecule has 4 rings (SSSR count). The van der Waals surface area contributed by atoms with E-state index in [1.54, 1.807) is 6.92 Å². The number of aliphatic hydroxyl groups is 1. The smallest absolute Gasteiger partial charge is 0.163 e. The molecule has 0 aliphatic heterocycles. The summed E-state index contributed by atoms with van der Waals surface area (Å²) in [4.78, 5) is 36.9. The molecular formula is C21H27FO4. The van der Waals surface area contributed by atoms with Crippen LogP contribution in [0.5, 0.6) is 0 Å². The molecule has 0 aromatic rings. The molecular weight excluding hydrogens is 335 g/mol. The normalized spacial score (nSPS) is 47.7. The van der Waals surface area contributed by atoms with E-state index in [4.69, 9.17) is 0 Å². The van der Waals surface area contributed by atoms with Gasteiger partial charge in [0, 0.05) is 5.92 Å². The summed E-state index contributed by atoms with van der Waals surface area (Å²) in [6.45, 7) is 3.32. The van der Waals surface area contributed by atoms with Crippen LogP contribution in [-0.4, -0.2) is 34.7 Å². The van der Waals surface area contributed by atoms with Crippen molar-refractivity contribution in [2.24, 2.45) is 28.6 Å². The van der Waals surface area contributed by atoms with Gasteiger partial charge in [-0.2, -0.15) is 0 Å². The Bertz CT molecular complexity index is 728. The van der Waals surface area contributed by atoms with Crippen LogP contribution in [0.1, 0.15) is 58.8 Å². The zero-order chi connectivity index (χ0) is 18.9. The second-order valence-electron chi connectivity index (χ2n) is 9.24. The molecule has 0 aromatic carbocycles. The van der Waals surface area contributed by atoms with Gasteiger partial charge >= 0.3 is 0 Å². The van der Waals surface area contributed by atoms with Gasteiger partial charge in [0.2, 0.25) is 0 Å². The van der Waals surface area contributed by atoms with Gasteiger partial charge in [0.1, 0.15) is 12.3 Å². The van der Waals surface area contributed by atoms with E-state index in [-0.39, 0.29) is 53.4 Å². The maximum absolute atomic E-state index is 16.6. The predicted octanol–water partition coefficient (Wildman–Crippen LogP) is 2.97. The van der Waals surface area contributed by atoms with Crippen LogP contribution in [0.25, 0.3) is 0 Å². The number of ketones is 3. The van der Waals surface area contributed by atoms with Gasteiger partial charge in [0.15, 0.2) is 17.3 Å². The van der Waals surface area contributed by atoms with Gasteiger partial charge in [0.25, 0.3) is 0 Å². The summed E-state index contributed by atoms with van der Waals surface area (Å²) in [6.07, 6.45) is 4.77. The van der Waals surface area contributed by atoms with Gasteiger partial charge in [-0.3, -0.25) is 14.4 Å². The molecule has 4 aliphatic rings. The van der Waals surface area contributed by atoms with Crippen LogP contribution in [0.3, 0.4) is 0 Å². The van der Waals surface area contributed by atoms with Crippen LogP contribution >= 0.6 is 0 Å². The summed E-state index contributed by atoms with van der Waals surface area (Å²) in [5, 5.41) is 9.33. The minimum Gasteiger partial charge on any atom is -0.389 e. The number of carbonyl (C=O) groups excluding carboxylic acids is 3. The van der Waals surface area contributed by atoms with Crippen LogP contribution < -0.4 is 0 Å². The van der Waals surface area contributed by atoms with E-state index in [2.05, 4.69) is 6.92 Å². The molecule has 0 heterocycles. The largest absolute Gasteiger partial charge is 0.389 e. The van der Waals surface area contributed by atoms with Crippen molar-refractivity contribution in [1.29, 1.82) is 0 Å². The summed E-state index contributed by atoms with van der Waals surface area (Å²) in [5.74, 6) is -1.06. The Morgan fingerprint density at radius 1 is 1.19 bits per heavy atom. The molecule has 6 atom stereocenters. The highest BCUT2D eigenvalue weighted by molar-refractivity contribution is 6.11. The molecule has 1 N–H and O–H groups in total. The standard InChI is InChI=1S/C21H27FO4/c1-19-7-8-21(22)15(14(19)5-6-16(19)17(25)11-23)4-3-12-9-13(24)10-18(26)20(12,21)2/h9,14-16,23H,3-8,10-11H2,1-2H3/t14-,15-,16+,19-,20+,21+/m0/s1. The lowest BCUT2D eigenvalue weighted by molar-refractivity contribution is -0.166. The second kappa shape index (κ2) is 5.57. The van der Waals surface area contributed by atoms with Crippen molar-refractivity contribution in [3.05, 3.63) is 11.6 Å². The van der Waals surface area contributed by atoms with Crippen LogP contribution in [0.2, 0.25) is 0 Å². The van der Waals surface area contributed by atoms with Crippen molar-refractivity contribution < 1.29 is 23.9 Å². The molecule has 3 fully saturated rings. The van der Waals surface area contributed by atoms with Gasteiger partial charge in [-0.15, -0.1) is 0 Å². The summed E-state index contributed by atoms with van der Waals surface area (Å²) in [7, 11) is 0. The third-order valence-electron chi connectivity index (χ3n) is 8.48. The van der Waals surface area contributed by atoms with Gasteiger partial charge in [0.05, 0.1) is 11.8 Å². The van der Waals surface area contributed by atoms with E-state index in [9.17, 15) is 19.5 Å². The molecule has 0 aromatic heterocycles. The highest BCUT2D eigenvalue weighted by atomic mass is 19.1. The molecule has 0 saturated heterocycles. The molecule has 3 saturated carbocycles. The second-order valence-corrected chi connectivity index (χ2v) is 9.24. The van der Waals surface area contributed by atoms with E-state index >= 15 is 4.39 Å². The zero-order valence-corrected chi connectivity index (χ0v) is 15.5. The van der Waals surface area contributed by atoms with Crippen molar-refractivity contribution in [2.45, 2.75) is 64.5 Å². The third-order valence-corrected chi connectivity index (χ3v) is 8.48. The van der Waals surface area contributed by atoms with Crippen molar-refractivity contribution in [3.63, 3.8) is 0 Å². The van der Waals surface area contributed by atoms with Gasteiger partial charge in [-0.1, -0.05) is 12.5 Å². The Morgan fingerprint density at radius 3 is 2.62 bits per heavy atom. The number of allylic oxidation sites excluding steroid dienone is 1. The topological polar surface area (TPSA) is 71.4 Å². The summed E-state index contributed by atoms with van der Waals surface area (Å²) < 4.78 is 16.6. The number of Topliss-reactive ketones (excluding diaryl/α,β-unsaturated/α-hetero) is 2. The van der Waals surface area contributed by atoms with Gasteiger partial charge in [-0.05, 0) is 68.8 Å². The summed E-state index contributed by atoms with van der Waals surface area (Å²) in [5.41, 5.74) is -2.48. The third kappa shape index (κ3) is 2.01. The van der Waals surface area contributed by atoms with Gasteiger partial charge < -0.3 is 5.11 Å². The number of hydrogen-bond donors (Lipinski definition) is 1. The Balaban J connectivity index is 1.75. The molecule has 4 nitrogen and oxygen atoms in total. The summed E-state index contributed by atoms with van der Waals surface area (Å²) >= 11 is 0. The average molecular weight is 362 g/mol. The fourth-order valence-electron chi connectivity index (χ4n) is 6.97. The Kier molecular flexibility index (Phi) is 3.86.